The smallest absolute Gasteiger partial charge is 0.223 e. The summed E-state index contributed by atoms with van der Waals surface area (Å²) in [5.41, 5.74) is 2.93. The molecule has 32 heavy (non-hydrogen) atoms. The number of piperidine rings is 1. The highest BCUT2D eigenvalue weighted by molar-refractivity contribution is 5.79. The molecule has 5 rings (SSSR count). The van der Waals surface area contributed by atoms with Crippen LogP contribution in [0.5, 0.6) is 0 Å². The van der Waals surface area contributed by atoms with E-state index in [1.54, 1.807) is 0 Å². The number of benzene rings is 1. The average Bonchev–Trinajstić information content (AvgIpc) is 3.07. The van der Waals surface area contributed by atoms with Gasteiger partial charge < -0.3 is 10.2 Å². The minimum Gasteiger partial charge on any atom is -0.355 e. The van der Waals surface area contributed by atoms with Gasteiger partial charge in [0.1, 0.15) is 5.82 Å². The number of rotatable bonds is 4. The standard InChI is InChI=1S/C25H32N6O/c1-18-7-6-8-20(17-18)24-28-27-22-11-12-23(29-31(22)24)30-15-13-19(14-16-30)25(32)26-21-9-4-2-3-5-10-21/h6-8,11-12,17,19,21H,2-5,9-10,13-16H2,1H3,(H,26,32). The van der Waals surface area contributed by atoms with Crippen molar-refractivity contribution in [1.82, 2.24) is 25.1 Å². The summed E-state index contributed by atoms with van der Waals surface area (Å²) >= 11 is 0. The monoisotopic (exact) mass is 432 g/mol. The highest BCUT2D eigenvalue weighted by Gasteiger charge is 2.27. The summed E-state index contributed by atoms with van der Waals surface area (Å²) in [5, 5.41) is 16.9. The summed E-state index contributed by atoms with van der Waals surface area (Å²) in [6, 6.07) is 12.6. The molecule has 2 aliphatic rings. The van der Waals surface area contributed by atoms with Crippen LogP contribution < -0.4 is 10.2 Å². The number of anilines is 1. The Morgan fingerprint density at radius 1 is 0.969 bits per heavy atom. The van der Waals surface area contributed by atoms with Crippen LogP contribution in [0.1, 0.15) is 56.9 Å². The number of nitrogens with zero attached hydrogens (tertiary/aromatic N) is 5. The number of carbonyl (C=O) groups excluding carboxylic acids is 1. The fourth-order valence-electron chi connectivity index (χ4n) is 5.03. The average molecular weight is 433 g/mol. The number of nitrogens with one attached hydrogen (secondary N) is 1. The molecule has 0 radical (unpaired) electrons. The summed E-state index contributed by atoms with van der Waals surface area (Å²) in [6.45, 7) is 3.74. The van der Waals surface area contributed by atoms with Crippen molar-refractivity contribution in [3.8, 4) is 11.4 Å². The van der Waals surface area contributed by atoms with Gasteiger partial charge in [-0.3, -0.25) is 4.79 Å². The third kappa shape index (κ3) is 4.47. The van der Waals surface area contributed by atoms with Gasteiger partial charge in [-0.1, -0.05) is 49.4 Å². The highest BCUT2D eigenvalue weighted by Crippen LogP contribution is 2.25. The zero-order valence-corrected chi connectivity index (χ0v) is 18.8. The maximum absolute atomic E-state index is 12.8. The lowest BCUT2D eigenvalue weighted by molar-refractivity contribution is -0.126. The van der Waals surface area contributed by atoms with Gasteiger partial charge in [0.25, 0.3) is 0 Å². The first kappa shape index (κ1) is 20.9. The van der Waals surface area contributed by atoms with Crippen molar-refractivity contribution in [3.05, 3.63) is 42.0 Å². The van der Waals surface area contributed by atoms with Crippen molar-refractivity contribution in [1.29, 1.82) is 0 Å². The summed E-state index contributed by atoms with van der Waals surface area (Å²) in [7, 11) is 0. The van der Waals surface area contributed by atoms with Gasteiger partial charge >= 0.3 is 0 Å². The van der Waals surface area contributed by atoms with Gasteiger partial charge in [-0.05, 0) is 50.8 Å². The van der Waals surface area contributed by atoms with E-state index in [2.05, 4.69) is 39.5 Å². The van der Waals surface area contributed by atoms with Gasteiger partial charge in [0.05, 0.1) is 0 Å². The van der Waals surface area contributed by atoms with Crippen LogP contribution in [0.15, 0.2) is 36.4 Å². The maximum Gasteiger partial charge on any atom is 0.223 e. The van der Waals surface area contributed by atoms with Crippen LogP contribution in [0, 0.1) is 12.8 Å². The lowest BCUT2D eigenvalue weighted by Gasteiger charge is -2.32. The van der Waals surface area contributed by atoms with Crippen LogP contribution in [0.2, 0.25) is 0 Å². The van der Waals surface area contributed by atoms with E-state index >= 15 is 0 Å². The van der Waals surface area contributed by atoms with Crippen molar-refractivity contribution in [2.24, 2.45) is 5.92 Å². The largest absolute Gasteiger partial charge is 0.355 e. The molecule has 3 heterocycles. The third-order valence-corrected chi connectivity index (χ3v) is 6.92. The molecule has 1 aromatic carbocycles. The van der Waals surface area contributed by atoms with Crippen LogP contribution in [0.4, 0.5) is 5.82 Å². The molecule has 1 aliphatic heterocycles. The lowest BCUT2D eigenvalue weighted by Crippen LogP contribution is -2.44. The van der Waals surface area contributed by atoms with E-state index < -0.39 is 0 Å². The molecular formula is C25H32N6O. The molecule has 2 aromatic heterocycles. The molecule has 1 amide bonds. The zero-order valence-electron chi connectivity index (χ0n) is 18.8. The predicted molar refractivity (Wildman–Crippen MR) is 126 cm³/mol. The fraction of sp³-hybridized carbons (Fsp3) is 0.520. The number of aromatic nitrogens is 4. The minimum absolute atomic E-state index is 0.107. The van der Waals surface area contributed by atoms with Crippen LogP contribution in [-0.4, -0.2) is 44.8 Å². The molecule has 7 heteroatoms. The first-order valence-electron chi connectivity index (χ1n) is 12.0. The van der Waals surface area contributed by atoms with Crippen molar-refractivity contribution in [2.45, 2.75) is 64.3 Å². The molecule has 7 nitrogen and oxygen atoms in total. The quantitative estimate of drug-likeness (QED) is 0.627. The Bertz CT molecular complexity index is 1080. The van der Waals surface area contributed by atoms with E-state index in [4.69, 9.17) is 5.10 Å². The Labute approximate surface area is 189 Å². The van der Waals surface area contributed by atoms with Gasteiger partial charge in [0.2, 0.25) is 5.91 Å². The number of carbonyl (C=O) groups is 1. The predicted octanol–water partition coefficient (Wildman–Crippen LogP) is 4.16. The van der Waals surface area contributed by atoms with Crippen molar-refractivity contribution in [2.75, 3.05) is 18.0 Å². The molecule has 0 atom stereocenters. The van der Waals surface area contributed by atoms with Crippen LogP contribution in [0.25, 0.3) is 17.0 Å². The van der Waals surface area contributed by atoms with Crippen LogP contribution >= 0.6 is 0 Å². The van der Waals surface area contributed by atoms with Gasteiger partial charge in [0, 0.05) is 30.6 Å². The SMILES string of the molecule is Cc1cccc(-c2nnc3ccc(N4CCC(C(=O)NC5CCCCCC5)CC4)nn23)c1. The Balaban J connectivity index is 1.26. The molecule has 1 saturated carbocycles. The molecule has 1 aliphatic carbocycles. The highest BCUT2D eigenvalue weighted by atomic mass is 16.1. The third-order valence-electron chi connectivity index (χ3n) is 6.92. The first-order valence-corrected chi connectivity index (χ1v) is 12.0. The summed E-state index contributed by atoms with van der Waals surface area (Å²) in [4.78, 5) is 15.1. The van der Waals surface area contributed by atoms with E-state index in [0.29, 0.717) is 6.04 Å². The van der Waals surface area contributed by atoms with Crippen LogP contribution in [-0.2, 0) is 4.79 Å². The Morgan fingerprint density at radius 3 is 2.50 bits per heavy atom. The maximum atomic E-state index is 12.8. The van der Waals surface area contributed by atoms with Crippen molar-refractivity contribution < 1.29 is 4.79 Å². The lowest BCUT2D eigenvalue weighted by atomic mass is 9.95. The van der Waals surface area contributed by atoms with Gasteiger partial charge in [0.15, 0.2) is 11.5 Å². The fourth-order valence-corrected chi connectivity index (χ4v) is 5.03. The summed E-state index contributed by atoms with van der Waals surface area (Å²) in [6.07, 6.45) is 9.10. The Morgan fingerprint density at radius 2 is 1.75 bits per heavy atom. The number of amides is 1. The molecule has 2 fully saturated rings. The molecular weight excluding hydrogens is 400 g/mol. The molecule has 168 valence electrons. The van der Waals surface area contributed by atoms with Crippen molar-refractivity contribution in [3.63, 3.8) is 0 Å². The Hall–Kier alpha value is -2.96. The van der Waals surface area contributed by atoms with E-state index in [1.807, 2.05) is 28.8 Å². The normalized spacial score (nSPS) is 18.6. The van der Waals surface area contributed by atoms with E-state index in [-0.39, 0.29) is 11.8 Å². The second kappa shape index (κ2) is 9.27. The molecule has 0 spiro atoms. The van der Waals surface area contributed by atoms with Gasteiger partial charge in [-0.2, -0.15) is 4.52 Å². The van der Waals surface area contributed by atoms with Gasteiger partial charge in [-0.15, -0.1) is 15.3 Å². The topological polar surface area (TPSA) is 75.4 Å². The summed E-state index contributed by atoms with van der Waals surface area (Å²) in [5.74, 6) is 2.02. The second-order valence-corrected chi connectivity index (χ2v) is 9.31. The second-order valence-electron chi connectivity index (χ2n) is 9.31. The molecule has 1 saturated heterocycles. The molecule has 1 N–H and O–H groups in total. The van der Waals surface area contributed by atoms with Crippen molar-refractivity contribution >= 4 is 17.4 Å². The molecule has 3 aromatic rings. The van der Waals surface area contributed by atoms with E-state index in [1.165, 1.54) is 31.2 Å². The number of fused-ring (bicyclic) bond motifs is 1. The van der Waals surface area contributed by atoms with Gasteiger partial charge in [-0.25, -0.2) is 0 Å². The van der Waals surface area contributed by atoms with E-state index in [0.717, 1.165) is 61.6 Å². The van der Waals surface area contributed by atoms with E-state index in [9.17, 15) is 4.79 Å². The molecule has 0 bridgehead atoms. The molecule has 0 unspecified atom stereocenters. The first-order chi connectivity index (χ1) is 15.7. The summed E-state index contributed by atoms with van der Waals surface area (Å²) < 4.78 is 1.83. The minimum atomic E-state index is 0.107. The zero-order chi connectivity index (χ0) is 21.9. The number of hydrogen-bond acceptors (Lipinski definition) is 5. The number of aryl methyl sites for hydroxylation is 1. The number of hydrogen-bond donors (Lipinski definition) is 1. The van der Waals surface area contributed by atoms with Crippen LogP contribution in [0.3, 0.4) is 0 Å². The Kier molecular flexibility index (Phi) is 6.06.